The van der Waals surface area contributed by atoms with E-state index in [-0.39, 0.29) is 12.3 Å². The molecule has 3 aromatic rings. The first-order valence-corrected chi connectivity index (χ1v) is 9.07. The molecule has 0 aliphatic rings. The summed E-state index contributed by atoms with van der Waals surface area (Å²) >= 11 is 13.3. The number of benzene rings is 1. The number of hydrogen-bond donors (Lipinski definition) is 2. The topological polar surface area (TPSA) is 66.9 Å². The molecule has 0 radical (unpaired) electrons. The molecule has 0 unspecified atom stereocenters. The maximum absolute atomic E-state index is 12.1. The van der Waals surface area contributed by atoms with Gasteiger partial charge in [0.1, 0.15) is 5.82 Å². The van der Waals surface area contributed by atoms with Gasteiger partial charge in [0, 0.05) is 23.1 Å². The Balaban J connectivity index is 1.53. The van der Waals surface area contributed by atoms with Crippen LogP contribution in [-0.2, 0) is 17.8 Å². The zero-order chi connectivity index (χ0) is 17.6. The molecule has 3 rings (SSSR count). The van der Waals surface area contributed by atoms with E-state index < -0.39 is 0 Å². The highest BCUT2D eigenvalue weighted by molar-refractivity contribution is 7.13. The van der Waals surface area contributed by atoms with Crippen LogP contribution in [-0.4, -0.2) is 15.9 Å². The lowest BCUT2D eigenvalue weighted by molar-refractivity contribution is -0.120. The monoisotopic (exact) mass is 392 g/mol. The number of amides is 1. The second-order valence-electron chi connectivity index (χ2n) is 5.18. The average Bonchev–Trinajstić information content (AvgIpc) is 3.03. The number of hydrogen-bond acceptors (Lipinski definition) is 5. The summed E-state index contributed by atoms with van der Waals surface area (Å²) in [6, 6.07) is 10.9. The second-order valence-corrected chi connectivity index (χ2v) is 6.88. The van der Waals surface area contributed by atoms with E-state index in [1.807, 2.05) is 23.6 Å². The summed E-state index contributed by atoms with van der Waals surface area (Å²) in [4.78, 5) is 20.6. The van der Waals surface area contributed by atoms with Crippen LogP contribution in [0.25, 0.3) is 0 Å². The van der Waals surface area contributed by atoms with Gasteiger partial charge in [-0.1, -0.05) is 41.4 Å². The Labute approximate surface area is 159 Å². The lowest BCUT2D eigenvalue weighted by Crippen LogP contribution is -2.24. The quantitative estimate of drug-likeness (QED) is 0.650. The van der Waals surface area contributed by atoms with Gasteiger partial charge in [-0.05, 0) is 23.8 Å². The van der Waals surface area contributed by atoms with Gasteiger partial charge in [0.15, 0.2) is 5.13 Å². The molecule has 1 aromatic carbocycles. The molecule has 0 bridgehead atoms. The standard InChI is InChI=1S/C17H14Cl2N4OS/c18-12-5-6-15(20-9-12)23-17-22-13(10-25-17)7-16(24)21-8-11-3-1-2-4-14(11)19/h1-6,9-10H,7-8H2,(H,21,24)(H,20,22,23). The van der Waals surface area contributed by atoms with Crippen LogP contribution in [0.1, 0.15) is 11.3 Å². The Morgan fingerprint density at radius 3 is 2.76 bits per heavy atom. The number of nitrogens with one attached hydrogen (secondary N) is 2. The Kier molecular flexibility index (Phi) is 5.86. The minimum Gasteiger partial charge on any atom is -0.352 e. The van der Waals surface area contributed by atoms with Crippen LogP contribution in [0.4, 0.5) is 10.9 Å². The summed E-state index contributed by atoms with van der Waals surface area (Å²) < 4.78 is 0. The second kappa shape index (κ2) is 8.29. The van der Waals surface area contributed by atoms with Crippen LogP contribution in [0.2, 0.25) is 10.0 Å². The predicted molar refractivity (Wildman–Crippen MR) is 102 cm³/mol. The van der Waals surface area contributed by atoms with Crippen molar-refractivity contribution in [2.45, 2.75) is 13.0 Å². The van der Waals surface area contributed by atoms with E-state index in [0.717, 1.165) is 5.56 Å². The maximum Gasteiger partial charge on any atom is 0.226 e. The third-order valence-electron chi connectivity index (χ3n) is 3.29. The maximum atomic E-state index is 12.1. The molecule has 2 N–H and O–H groups in total. The van der Waals surface area contributed by atoms with Crippen LogP contribution in [0.5, 0.6) is 0 Å². The molecule has 0 atom stereocenters. The fourth-order valence-corrected chi connectivity index (χ4v) is 3.10. The van der Waals surface area contributed by atoms with Gasteiger partial charge in [-0.3, -0.25) is 4.79 Å². The highest BCUT2D eigenvalue weighted by Gasteiger charge is 2.09. The first-order chi connectivity index (χ1) is 12.1. The number of nitrogens with zero attached hydrogens (tertiary/aromatic N) is 2. The molecule has 5 nitrogen and oxygen atoms in total. The SMILES string of the molecule is O=C(Cc1csc(Nc2ccc(Cl)cn2)n1)NCc1ccccc1Cl. The molecule has 0 aliphatic heterocycles. The van der Waals surface area contributed by atoms with Crippen LogP contribution >= 0.6 is 34.5 Å². The van der Waals surface area contributed by atoms with Crippen molar-refractivity contribution in [3.8, 4) is 0 Å². The molecule has 0 aliphatic carbocycles. The molecule has 2 heterocycles. The minimum atomic E-state index is -0.110. The highest BCUT2D eigenvalue weighted by atomic mass is 35.5. The number of aromatic nitrogens is 2. The van der Waals surface area contributed by atoms with Gasteiger partial charge in [0.25, 0.3) is 0 Å². The van der Waals surface area contributed by atoms with Gasteiger partial charge in [-0.25, -0.2) is 9.97 Å². The molecule has 0 spiro atoms. The third-order valence-corrected chi connectivity index (χ3v) is 4.69. The van der Waals surface area contributed by atoms with E-state index in [1.165, 1.54) is 11.3 Å². The van der Waals surface area contributed by atoms with Crippen molar-refractivity contribution in [1.29, 1.82) is 0 Å². The van der Waals surface area contributed by atoms with Gasteiger partial charge >= 0.3 is 0 Å². The zero-order valence-electron chi connectivity index (χ0n) is 13.0. The number of rotatable bonds is 6. The van der Waals surface area contributed by atoms with Crippen LogP contribution < -0.4 is 10.6 Å². The normalized spacial score (nSPS) is 10.5. The van der Waals surface area contributed by atoms with E-state index >= 15 is 0 Å². The van der Waals surface area contributed by atoms with Crippen molar-refractivity contribution >= 4 is 51.4 Å². The van der Waals surface area contributed by atoms with Crippen LogP contribution in [0, 0.1) is 0 Å². The number of halogens is 2. The lowest BCUT2D eigenvalue weighted by atomic mass is 10.2. The van der Waals surface area contributed by atoms with Gasteiger partial charge in [-0.2, -0.15) is 0 Å². The largest absolute Gasteiger partial charge is 0.352 e. The van der Waals surface area contributed by atoms with Crippen molar-refractivity contribution in [3.63, 3.8) is 0 Å². The first-order valence-electron chi connectivity index (χ1n) is 7.43. The fourth-order valence-electron chi connectivity index (χ4n) is 2.07. The molecule has 2 aromatic heterocycles. The van der Waals surface area contributed by atoms with Crippen molar-refractivity contribution in [3.05, 3.63) is 69.3 Å². The molecule has 1 amide bonds. The number of carbonyl (C=O) groups is 1. The molecule has 0 saturated heterocycles. The highest BCUT2D eigenvalue weighted by Crippen LogP contribution is 2.21. The molecular weight excluding hydrogens is 379 g/mol. The van der Waals surface area contributed by atoms with Gasteiger partial charge in [0.2, 0.25) is 5.91 Å². The van der Waals surface area contributed by atoms with Crippen molar-refractivity contribution in [2.75, 3.05) is 5.32 Å². The van der Waals surface area contributed by atoms with Gasteiger partial charge in [-0.15, -0.1) is 11.3 Å². The number of pyridine rings is 1. The van der Waals surface area contributed by atoms with E-state index in [2.05, 4.69) is 20.6 Å². The van der Waals surface area contributed by atoms with Gasteiger partial charge in [0.05, 0.1) is 17.1 Å². The Hall–Kier alpha value is -2.15. The predicted octanol–water partition coefficient (Wildman–Crippen LogP) is 4.45. The summed E-state index contributed by atoms with van der Waals surface area (Å²) in [6.45, 7) is 0.391. The van der Waals surface area contributed by atoms with Gasteiger partial charge < -0.3 is 10.6 Å². The molecule has 0 saturated carbocycles. The van der Waals surface area contributed by atoms with E-state index in [0.29, 0.717) is 33.2 Å². The Morgan fingerprint density at radius 2 is 2.00 bits per heavy atom. The van der Waals surface area contributed by atoms with Crippen molar-refractivity contribution < 1.29 is 4.79 Å². The summed E-state index contributed by atoms with van der Waals surface area (Å²) in [5.74, 6) is 0.537. The van der Waals surface area contributed by atoms with E-state index in [1.54, 1.807) is 24.4 Å². The average molecular weight is 393 g/mol. The van der Waals surface area contributed by atoms with Crippen molar-refractivity contribution in [1.82, 2.24) is 15.3 Å². The zero-order valence-corrected chi connectivity index (χ0v) is 15.3. The first kappa shape index (κ1) is 17.7. The Morgan fingerprint density at radius 1 is 1.16 bits per heavy atom. The lowest BCUT2D eigenvalue weighted by Gasteiger charge is -2.06. The molecule has 8 heteroatoms. The molecule has 25 heavy (non-hydrogen) atoms. The van der Waals surface area contributed by atoms with Crippen LogP contribution in [0.15, 0.2) is 48.0 Å². The molecule has 128 valence electrons. The minimum absolute atomic E-state index is 0.110. The number of carbonyl (C=O) groups excluding carboxylic acids is 1. The van der Waals surface area contributed by atoms with E-state index in [9.17, 15) is 4.79 Å². The number of thiazole rings is 1. The summed E-state index contributed by atoms with van der Waals surface area (Å²) in [7, 11) is 0. The third kappa shape index (κ3) is 5.16. The summed E-state index contributed by atoms with van der Waals surface area (Å²) in [5.41, 5.74) is 1.57. The summed E-state index contributed by atoms with van der Waals surface area (Å²) in [6.07, 6.45) is 1.76. The summed E-state index contributed by atoms with van der Waals surface area (Å²) in [5, 5.41) is 9.64. The molecular formula is C17H14Cl2N4OS. The smallest absolute Gasteiger partial charge is 0.226 e. The Bertz CT molecular complexity index is 867. The molecule has 0 fully saturated rings. The van der Waals surface area contributed by atoms with E-state index in [4.69, 9.17) is 23.2 Å². The fraction of sp³-hybridized carbons (Fsp3) is 0.118. The number of anilines is 2. The van der Waals surface area contributed by atoms with Crippen LogP contribution in [0.3, 0.4) is 0 Å². The van der Waals surface area contributed by atoms with Crippen molar-refractivity contribution in [2.24, 2.45) is 0 Å².